The number of nitrogens with one attached hydrogen (secondary N) is 1. The molecule has 0 spiro atoms. The van der Waals surface area contributed by atoms with Gasteiger partial charge < -0.3 is 9.73 Å². The number of carbonyl (C=O) groups excluding carboxylic acids is 1. The molecule has 0 saturated heterocycles. The number of amides is 1. The van der Waals surface area contributed by atoms with Gasteiger partial charge in [0.2, 0.25) is 0 Å². The lowest BCUT2D eigenvalue weighted by molar-refractivity contribution is -0.115. The van der Waals surface area contributed by atoms with Crippen LogP contribution in [0, 0.1) is 0 Å². The topological polar surface area (TPSA) is 54.6 Å². The van der Waals surface area contributed by atoms with Crippen LogP contribution in [-0.2, 0) is 4.79 Å². The van der Waals surface area contributed by atoms with Crippen LogP contribution in [0.15, 0.2) is 63.8 Å². The minimum Gasteiger partial charge on any atom is -0.461 e. The molecule has 0 fully saturated rings. The highest BCUT2D eigenvalue weighted by molar-refractivity contribution is 6.18. The lowest BCUT2D eigenvalue weighted by Gasteiger charge is -1.93. The van der Waals surface area contributed by atoms with Crippen LogP contribution in [0.2, 0.25) is 0 Å². The van der Waals surface area contributed by atoms with E-state index in [1.807, 2.05) is 30.3 Å². The molecular weight excluding hydrogens is 228 g/mol. The van der Waals surface area contributed by atoms with Crippen molar-refractivity contribution in [1.82, 2.24) is 5.32 Å². The van der Waals surface area contributed by atoms with E-state index in [1.165, 1.54) is 0 Å². The number of hydrogen-bond donors (Lipinski definition) is 1. The molecule has 1 aromatic heterocycles. The third-order valence-electron chi connectivity index (χ3n) is 2.55. The van der Waals surface area contributed by atoms with Crippen molar-refractivity contribution in [3.8, 4) is 0 Å². The summed E-state index contributed by atoms with van der Waals surface area (Å²) in [5, 5.41) is 2.68. The molecule has 3 rings (SSSR count). The molecule has 1 amide bonds. The summed E-state index contributed by atoms with van der Waals surface area (Å²) in [6, 6.07) is 13.1. The SMILES string of the molecule is O=C1NC(c2ccco2)=NC1=Cc1ccccc1. The Labute approximate surface area is 104 Å². The molecule has 4 heteroatoms. The number of nitrogens with zero attached hydrogens (tertiary/aromatic N) is 1. The smallest absolute Gasteiger partial charge is 0.275 e. The van der Waals surface area contributed by atoms with E-state index in [-0.39, 0.29) is 5.91 Å². The number of benzene rings is 1. The molecule has 2 heterocycles. The summed E-state index contributed by atoms with van der Waals surface area (Å²) in [6.07, 6.45) is 3.29. The Kier molecular flexibility index (Phi) is 2.53. The second-order valence-electron chi connectivity index (χ2n) is 3.83. The normalized spacial score (nSPS) is 16.8. The molecule has 2 aromatic rings. The van der Waals surface area contributed by atoms with Gasteiger partial charge >= 0.3 is 0 Å². The predicted molar refractivity (Wildman–Crippen MR) is 67.8 cm³/mol. The van der Waals surface area contributed by atoms with Crippen LogP contribution in [0.4, 0.5) is 0 Å². The fourth-order valence-corrected chi connectivity index (χ4v) is 1.71. The predicted octanol–water partition coefficient (Wildman–Crippen LogP) is 2.20. The second-order valence-corrected chi connectivity index (χ2v) is 3.83. The van der Waals surface area contributed by atoms with Crippen molar-refractivity contribution in [2.45, 2.75) is 0 Å². The van der Waals surface area contributed by atoms with Crippen molar-refractivity contribution in [3.05, 3.63) is 65.7 Å². The molecule has 88 valence electrons. The summed E-state index contributed by atoms with van der Waals surface area (Å²) < 4.78 is 5.19. The summed E-state index contributed by atoms with van der Waals surface area (Å²) in [5.74, 6) is 0.789. The Morgan fingerprint density at radius 2 is 1.94 bits per heavy atom. The van der Waals surface area contributed by atoms with Crippen molar-refractivity contribution >= 4 is 17.8 Å². The Balaban J connectivity index is 1.94. The molecule has 0 aliphatic carbocycles. The van der Waals surface area contributed by atoms with Gasteiger partial charge in [0.1, 0.15) is 5.70 Å². The van der Waals surface area contributed by atoms with Crippen molar-refractivity contribution < 1.29 is 9.21 Å². The first kappa shape index (κ1) is 10.5. The first-order chi connectivity index (χ1) is 8.83. The maximum atomic E-state index is 11.7. The van der Waals surface area contributed by atoms with Gasteiger partial charge in [-0.3, -0.25) is 4.79 Å². The fourth-order valence-electron chi connectivity index (χ4n) is 1.71. The minimum absolute atomic E-state index is 0.217. The summed E-state index contributed by atoms with van der Waals surface area (Å²) in [6.45, 7) is 0. The average Bonchev–Trinajstić information content (AvgIpc) is 3.01. The Morgan fingerprint density at radius 3 is 2.67 bits per heavy atom. The Bertz CT molecular complexity index is 625. The van der Waals surface area contributed by atoms with Crippen LogP contribution in [0.3, 0.4) is 0 Å². The van der Waals surface area contributed by atoms with Crippen LogP contribution in [0.5, 0.6) is 0 Å². The second kappa shape index (κ2) is 4.33. The third-order valence-corrected chi connectivity index (χ3v) is 2.55. The summed E-state index contributed by atoms with van der Waals surface area (Å²) >= 11 is 0. The molecule has 0 saturated carbocycles. The molecule has 0 radical (unpaired) electrons. The van der Waals surface area contributed by atoms with Crippen LogP contribution < -0.4 is 5.32 Å². The van der Waals surface area contributed by atoms with Gasteiger partial charge in [0.05, 0.1) is 6.26 Å². The first-order valence-corrected chi connectivity index (χ1v) is 5.53. The number of furan rings is 1. The number of carbonyl (C=O) groups is 1. The molecule has 1 aliphatic rings. The molecule has 18 heavy (non-hydrogen) atoms. The molecule has 0 bridgehead atoms. The molecule has 0 unspecified atom stereocenters. The van der Waals surface area contributed by atoms with Gasteiger partial charge in [-0.05, 0) is 23.8 Å². The first-order valence-electron chi connectivity index (χ1n) is 5.53. The van der Waals surface area contributed by atoms with Crippen LogP contribution >= 0.6 is 0 Å². The van der Waals surface area contributed by atoms with Crippen molar-refractivity contribution in [2.75, 3.05) is 0 Å². The molecular formula is C14H10N2O2. The van der Waals surface area contributed by atoms with Gasteiger partial charge in [-0.15, -0.1) is 0 Å². The average molecular weight is 238 g/mol. The maximum absolute atomic E-state index is 11.7. The zero-order chi connectivity index (χ0) is 12.4. The Morgan fingerprint density at radius 1 is 1.11 bits per heavy atom. The lowest BCUT2D eigenvalue weighted by Crippen LogP contribution is -2.24. The largest absolute Gasteiger partial charge is 0.461 e. The van der Waals surface area contributed by atoms with Gasteiger partial charge in [0.25, 0.3) is 5.91 Å². The standard InChI is InChI=1S/C14H10N2O2/c17-14-11(9-10-5-2-1-3-6-10)15-13(16-14)12-7-4-8-18-12/h1-9H,(H,15,16,17). The van der Waals surface area contributed by atoms with E-state index in [1.54, 1.807) is 24.5 Å². The molecule has 1 aromatic carbocycles. The number of amidine groups is 1. The van der Waals surface area contributed by atoms with Gasteiger partial charge in [-0.2, -0.15) is 0 Å². The van der Waals surface area contributed by atoms with E-state index in [2.05, 4.69) is 10.3 Å². The lowest BCUT2D eigenvalue weighted by atomic mass is 10.2. The van der Waals surface area contributed by atoms with E-state index in [9.17, 15) is 4.79 Å². The number of rotatable bonds is 2. The minimum atomic E-state index is -0.217. The number of hydrogen-bond acceptors (Lipinski definition) is 3. The molecule has 0 atom stereocenters. The van der Waals surface area contributed by atoms with Gasteiger partial charge in [0.15, 0.2) is 11.6 Å². The van der Waals surface area contributed by atoms with Gasteiger partial charge in [-0.1, -0.05) is 30.3 Å². The van der Waals surface area contributed by atoms with E-state index in [0.29, 0.717) is 17.3 Å². The maximum Gasteiger partial charge on any atom is 0.275 e. The zero-order valence-electron chi connectivity index (χ0n) is 9.46. The molecule has 1 N–H and O–H groups in total. The van der Waals surface area contributed by atoms with Gasteiger partial charge in [0, 0.05) is 0 Å². The summed E-state index contributed by atoms with van der Waals surface area (Å²) in [4.78, 5) is 16.0. The molecule has 1 aliphatic heterocycles. The highest BCUT2D eigenvalue weighted by Gasteiger charge is 2.22. The molecule has 4 nitrogen and oxygen atoms in total. The van der Waals surface area contributed by atoms with E-state index in [4.69, 9.17) is 4.42 Å². The third kappa shape index (κ3) is 1.96. The Hall–Kier alpha value is -2.62. The van der Waals surface area contributed by atoms with E-state index >= 15 is 0 Å². The highest BCUT2D eigenvalue weighted by Crippen LogP contribution is 2.14. The summed E-state index contributed by atoms with van der Waals surface area (Å²) in [5.41, 5.74) is 1.32. The fraction of sp³-hybridized carbons (Fsp3) is 0. The zero-order valence-corrected chi connectivity index (χ0v) is 9.46. The van der Waals surface area contributed by atoms with Crippen LogP contribution in [0.25, 0.3) is 6.08 Å². The van der Waals surface area contributed by atoms with Crippen LogP contribution in [0.1, 0.15) is 11.3 Å². The monoisotopic (exact) mass is 238 g/mol. The highest BCUT2D eigenvalue weighted by atomic mass is 16.3. The van der Waals surface area contributed by atoms with E-state index < -0.39 is 0 Å². The quantitative estimate of drug-likeness (QED) is 0.815. The van der Waals surface area contributed by atoms with Crippen LogP contribution in [-0.4, -0.2) is 11.7 Å². The van der Waals surface area contributed by atoms with E-state index in [0.717, 1.165) is 5.56 Å². The van der Waals surface area contributed by atoms with Crippen molar-refractivity contribution in [2.24, 2.45) is 4.99 Å². The summed E-state index contributed by atoms with van der Waals surface area (Å²) in [7, 11) is 0. The number of aliphatic imine (C=N–C) groups is 1. The van der Waals surface area contributed by atoms with Gasteiger partial charge in [-0.25, -0.2) is 4.99 Å². The van der Waals surface area contributed by atoms with Crippen molar-refractivity contribution in [3.63, 3.8) is 0 Å². The van der Waals surface area contributed by atoms with Crippen molar-refractivity contribution in [1.29, 1.82) is 0 Å².